The van der Waals surface area contributed by atoms with E-state index in [0.29, 0.717) is 15.7 Å². The molecule has 0 aliphatic heterocycles. The van der Waals surface area contributed by atoms with E-state index in [1.165, 1.54) is 18.3 Å². The summed E-state index contributed by atoms with van der Waals surface area (Å²) in [6.07, 6.45) is 1.25. The zero-order valence-corrected chi connectivity index (χ0v) is 11.6. The van der Waals surface area contributed by atoms with Crippen molar-refractivity contribution < 1.29 is 9.18 Å². The molecule has 0 atom stereocenters. The van der Waals surface area contributed by atoms with Gasteiger partial charge in [0, 0.05) is 10.7 Å². The van der Waals surface area contributed by atoms with E-state index in [9.17, 15) is 9.18 Å². The lowest BCUT2D eigenvalue weighted by atomic mass is 10.2. The third-order valence-electron chi connectivity index (χ3n) is 2.51. The molecule has 0 saturated carbocycles. The molecule has 1 heterocycles. The summed E-state index contributed by atoms with van der Waals surface area (Å²) >= 11 is 3.23. The molecule has 3 N–H and O–H groups in total. The Morgan fingerprint density at radius 2 is 2.20 bits per heavy atom. The number of amides is 1. The van der Waals surface area contributed by atoms with Crippen LogP contribution in [0.3, 0.4) is 0 Å². The van der Waals surface area contributed by atoms with Crippen LogP contribution >= 0.6 is 15.9 Å². The van der Waals surface area contributed by atoms with Crippen LogP contribution in [0.2, 0.25) is 0 Å². The molecule has 0 aliphatic rings. The molecule has 0 saturated heterocycles. The molecule has 5 nitrogen and oxygen atoms in total. The lowest BCUT2D eigenvalue weighted by Gasteiger charge is -2.08. The van der Waals surface area contributed by atoms with E-state index in [1.54, 1.807) is 12.1 Å². The number of pyridine rings is 1. The van der Waals surface area contributed by atoms with Crippen molar-refractivity contribution in [1.82, 2.24) is 4.98 Å². The summed E-state index contributed by atoms with van der Waals surface area (Å²) in [5.74, 6) is -1.85. The Labute approximate surface area is 122 Å². The van der Waals surface area contributed by atoms with Crippen LogP contribution in [-0.4, -0.2) is 10.9 Å². The molecule has 7 heteroatoms. The van der Waals surface area contributed by atoms with Crippen LogP contribution in [-0.2, 0) is 0 Å². The predicted octanol–water partition coefficient (Wildman–Crippen LogP) is 2.69. The van der Waals surface area contributed by atoms with Gasteiger partial charge in [-0.25, -0.2) is 9.37 Å². The van der Waals surface area contributed by atoms with Crippen molar-refractivity contribution in [3.05, 3.63) is 51.9 Å². The number of carbonyl (C=O) groups is 1. The highest BCUT2D eigenvalue weighted by Crippen LogP contribution is 2.24. The summed E-state index contributed by atoms with van der Waals surface area (Å²) in [6.45, 7) is 0. The molecule has 0 bridgehead atoms. The minimum atomic E-state index is -0.866. The zero-order valence-electron chi connectivity index (χ0n) is 10.0. The van der Waals surface area contributed by atoms with Crippen molar-refractivity contribution >= 4 is 33.3 Å². The fourth-order valence-electron chi connectivity index (χ4n) is 1.51. The van der Waals surface area contributed by atoms with Crippen molar-refractivity contribution in [2.45, 2.75) is 0 Å². The summed E-state index contributed by atoms with van der Waals surface area (Å²) in [5.41, 5.74) is 5.97. The Bertz CT molecular complexity index is 727. The van der Waals surface area contributed by atoms with E-state index in [2.05, 4.69) is 26.2 Å². The number of nitriles is 1. The van der Waals surface area contributed by atoms with Crippen molar-refractivity contribution in [2.24, 2.45) is 0 Å². The van der Waals surface area contributed by atoms with Gasteiger partial charge in [0.25, 0.3) is 5.91 Å². The Morgan fingerprint density at radius 3 is 2.85 bits per heavy atom. The molecule has 0 spiro atoms. The van der Waals surface area contributed by atoms with Crippen molar-refractivity contribution in [2.75, 3.05) is 11.1 Å². The van der Waals surface area contributed by atoms with Crippen LogP contribution in [0.15, 0.2) is 34.9 Å². The van der Waals surface area contributed by atoms with Crippen LogP contribution in [0.4, 0.5) is 15.9 Å². The highest BCUT2D eigenvalue weighted by Gasteiger charge is 2.15. The highest BCUT2D eigenvalue weighted by molar-refractivity contribution is 9.10. The van der Waals surface area contributed by atoms with Gasteiger partial charge < -0.3 is 11.1 Å². The number of aromatic nitrogens is 1. The second-order valence-electron chi connectivity index (χ2n) is 3.82. The lowest BCUT2D eigenvalue weighted by Crippen LogP contribution is -2.15. The van der Waals surface area contributed by atoms with Gasteiger partial charge in [-0.15, -0.1) is 0 Å². The van der Waals surface area contributed by atoms with Crippen LogP contribution in [0.5, 0.6) is 0 Å². The van der Waals surface area contributed by atoms with E-state index in [4.69, 9.17) is 11.0 Å². The number of nitrogen functional groups attached to an aromatic ring is 1. The molecule has 2 rings (SSSR count). The molecular formula is C13H8BrFN4O. The zero-order chi connectivity index (χ0) is 14.7. The van der Waals surface area contributed by atoms with Gasteiger partial charge >= 0.3 is 0 Å². The molecule has 1 aromatic heterocycles. The minimum absolute atomic E-state index is 0.200. The number of nitrogens with one attached hydrogen (secondary N) is 1. The van der Waals surface area contributed by atoms with Crippen LogP contribution < -0.4 is 11.1 Å². The fourth-order valence-corrected chi connectivity index (χ4v) is 1.99. The monoisotopic (exact) mass is 334 g/mol. The molecule has 1 amide bonds. The largest absolute Gasteiger partial charge is 0.381 e. The first-order valence-electron chi connectivity index (χ1n) is 5.44. The van der Waals surface area contributed by atoms with E-state index in [-0.39, 0.29) is 11.4 Å². The molecule has 2 aromatic rings. The van der Waals surface area contributed by atoms with Gasteiger partial charge in [0.05, 0.1) is 22.9 Å². The maximum atomic E-state index is 13.7. The number of halogens is 2. The number of anilines is 2. The second-order valence-corrected chi connectivity index (χ2v) is 4.67. The standard InChI is InChI=1S/C13H8BrFN4O/c14-9-5-7(6-16)1-2-10(9)19-13(20)8-3-4-18-12(17)11(8)15/h1-5H,(H2,17,18)(H,19,20). The maximum absolute atomic E-state index is 13.7. The Morgan fingerprint density at radius 1 is 1.45 bits per heavy atom. The van der Waals surface area contributed by atoms with Gasteiger partial charge in [-0.1, -0.05) is 0 Å². The Kier molecular flexibility index (Phi) is 3.96. The Hall–Kier alpha value is -2.46. The smallest absolute Gasteiger partial charge is 0.258 e. The molecule has 20 heavy (non-hydrogen) atoms. The van der Waals surface area contributed by atoms with Gasteiger partial charge in [0.15, 0.2) is 11.6 Å². The SMILES string of the molecule is N#Cc1ccc(NC(=O)c2ccnc(N)c2F)c(Br)c1. The molecule has 0 radical (unpaired) electrons. The highest BCUT2D eigenvalue weighted by atomic mass is 79.9. The maximum Gasteiger partial charge on any atom is 0.258 e. The summed E-state index contributed by atoms with van der Waals surface area (Å²) in [6, 6.07) is 7.84. The summed E-state index contributed by atoms with van der Waals surface area (Å²) in [7, 11) is 0. The van der Waals surface area contributed by atoms with E-state index in [1.807, 2.05) is 6.07 Å². The first-order chi connectivity index (χ1) is 9.52. The van der Waals surface area contributed by atoms with Gasteiger partial charge in [0.2, 0.25) is 0 Å². The van der Waals surface area contributed by atoms with Gasteiger partial charge in [-0.05, 0) is 40.2 Å². The number of nitrogens with two attached hydrogens (primary N) is 1. The first-order valence-corrected chi connectivity index (χ1v) is 6.23. The average molecular weight is 335 g/mol. The molecular weight excluding hydrogens is 327 g/mol. The first kappa shape index (κ1) is 14.0. The number of carbonyl (C=O) groups excluding carboxylic acids is 1. The van der Waals surface area contributed by atoms with Crippen LogP contribution in [0, 0.1) is 17.1 Å². The molecule has 0 unspecified atom stereocenters. The Balaban J connectivity index is 2.29. The number of hydrogen-bond donors (Lipinski definition) is 2. The number of nitrogens with zero attached hydrogens (tertiary/aromatic N) is 2. The lowest BCUT2D eigenvalue weighted by molar-refractivity contribution is 0.102. The van der Waals surface area contributed by atoms with Gasteiger partial charge in [-0.3, -0.25) is 4.79 Å². The van der Waals surface area contributed by atoms with Crippen molar-refractivity contribution in [3.63, 3.8) is 0 Å². The predicted molar refractivity (Wildman–Crippen MR) is 75.4 cm³/mol. The van der Waals surface area contributed by atoms with Crippen LogP contribution in [0.25, 0.3) is 0 Å². The number of rotatable bonds is 2. The summed E-state index contributed by atoms with van der Waals surface area (Å²) in [4.78, 5) is 15.5. The topological polar surface area (TPSA) is 91.8 Å². The third kappa shape index (κ3) is 2.75. The molecule has 0 aliphatic carbocycles. The normalized spacial score (nSPS) is 9.85. The number of benzene rings is 1. The summed E-state index contributed by atoms with van der Waals surface area (Å²) in [5, 5.41) is 11.3. The molecule has 0 fully saturated rings. The van der Waals surface area contributed by atoms with Gasteiger partial charge in [-0.2, -0.15) is 5.26 Å². The van der Waals surface area contributed by atoms with E-state index < -0.39 is 11.7 Å². The second kappa shape index (κ2) is 5.67. The third-order valence-corrected chi connectivity index (χ3v) is 3.16. The van der Waals surface area contributed by atoms with Crippen molar-refractivity contribution in [3.8, 4) is 6.07 Å². The quantitative estimate of drug-likeness (QED) is 0.883. The molecule has 1 aromatic carbocycles. The van der Waals surface area contributed by atoms with Gasteiger partial charge in [0.1, 0.15) is 0 Å². The summed E-state index contributed by atoms with van der Waals surface area (Å²) < 4.78 is 14.2. The minimum Gasteiger partial charge on any atom is -0.381 e. The van der Waals surface area contributed by atoms with E-state index >= 15 is 0 Å². The number of hydrogen-bond acceptors (Lipinski definition) is 4. The fraction of sp³-hybridized carbons (Fsp3) is 0. The van der Waals surface area contributed by atoms with Crippen LogP contribution in [0.1, 0.15) is 15.9 Å². The average Bonchev–Trinajstić information content (AvgIpc) is 2.44. The van der Waals surface area contributed by atoms with Crippen molar-refractivity contribution in [1.29, 1.82) is 5.26 Å². The van der Waals surface area contributed by atoms with E-state index in [0.717, 1.165) is 0 Å². The molecule has 100 valence electrons.